The van der Waals surface area contributed by atoms with Gasteiger partial charge in [-0.05, 0) is 48.2 Å². The minimum absolute atomic E-state index is 0.250. The summed E-state index contributed by atoms with van der Waals surface area (Å²) in [6.07, 6.45) is 1.13. The number of benzene rings is 2. The Morgan fingerprint density at radius 2 is 1.85 bits per heavy atom. The molecule has 0 unspecified atom stereocenters. The van der Waals surface area contributed by atoms with Gasteiger partial charge in [0.15, 0.2) is 0 Å². The maximum absolute atomic E-state index is 8.36. The van der Waals surface area contributed by atoms with Crippen LogP contribution in [0.5, 0.6) is 0 Å². The number of carboxylic acid groups (broad SMARTS) is 1. The molecule has 0 saturated carbocycles. The second-order valence-electron chi connectivity index (χ2n) is 6.37. The fraction of sp³-hybridized carbons (Fsp3) is 0.286. The molecule has 0 amide bonds. The molecule has 3 N–H and O–H groups in total. The summed E-state index contributed by atoms with van der Waals surface area (Å²) in [7, 11) is 0. The SMILES string of the molecule is Brc1ccc2[nH]c3c(c2c1)CCNC3.CC(C)c1ccccc1.O=CO. The summed E-state index contributed by atoms with van der Waals surface area (Å²) >= 11 is 3.52. The van der Waals surface area contributed by atoms with E-state index in [0.717, 1.165) is 24.0 Å². The van der Waals surface area contributed by atoms with E-state index in [9.17, 15) is 0 Å². The molecule has 3 aromatic rings. The van der Waals surface area contributed by atoms with E-state index in [1.807, 2.05) is 6.07 Å². The monoisotopic (exact) mass is 416 g/mol. The number of halogens is 1. The van der Waals surface area contributed by atoms with Crippen molar-refractivity contribution in [2.45, 2.75) is 32.7 Å². The zero-order valence-electron chi connectivity index (χ0n) is 15.1. The van der Waals surface area contributed by atoms with Gasteiger partial charge in [-0.3, -0.25) is 4.79 Å². The molecule has 0 aliphatic carbocycles. The summed E-state index contributed by atoms with van der Waals surface area (Å²) in [5.74, 6) is 0.659. The van der Waals surface area contributed by atoms with E-state index in [1.165, 1.54) is 27.7 Å². The Bertz CT molecular complexity index is 829. The quantitative estimate of drug-likeness (QED) is 0.484. The summed E-state index contributed by atoms with van der Waals surface area (Å²) in [5, 5.41) is 11.6. The van der Waals surface area contributed by atoms with Crippen molar-refractivity contribution >= 4 is 33.3 Å². The molecule has 0 spiro atoms. The highest BCUT2D eigenvalue weighted by molar-refractivity contribution is 9.10. The van der Waals surface area contributed by atoms with Crippen molar-refractivity contribution in [3.05, 3.63) is 69.8 Å². The number of nitrogens with one attached hydrogen (secondary N) is 2. The Hall–Kier alpha value is -2.11. The summed E-state index contributed by atoms with van der Waals surface area (Å²) < 4.78 is 1.16. The van der Waals surface area contributed by atoms with Gasteiger partial charge in [-0.15, -0.1) is 0 Å². The first kappa shape index (κ1) is 20.2. The van der Waals surface area contributed by atoms with Crippen LogP contribution in [0.2, 0.25) is 0 Å². The van der Waals surface area contributed by atoms with Crippen LogP contribution in [-0.2, 0) is 17.8 Å². The molecule has 0 saturated heterocycles. The van der Waals surface area contributed by atoms with E-state index in [1.54, 1.807) is 0 Å². The van der Waals surface area contributed by atoms with Crippen LogP contribution in [-0.4, -0.2) is 23.1 Å². The zero-order valence-corrected chi connectivity index (χ0v) is 16.7. The van der Waals surface area contributed by atoms with Crippen molar-refractivity contribution < 1.29 is 9.90 Å². The van der Waals surface area contributed by atoms with Crippen LogP contribution in [0.3, 0.4) is 0 Å². The van der Waals surface area contributed by atoms with Crippen LogP contribution in [0.15, 0.2) is 53.0 Å². The second kappa shape index (κ2) is 10.1. The molecule has 0 fully saturated rings. The number of hydrogen-bond donors (Lipinski definition) is 3. The first-order chi connectivity index (χ1) is 12.6. The highest BCUT2D eigenvalue weighted by Crippen LogP contribution is 2.27. The molecule has 26 heavy (non-hydrogen) atoms. The first-order valence-corrected chi connectivity index (χ1v) is 9.48. The van der Waals surface area contributed by atoms with Crippen LogP contribution in [0.25, 0.3) is 10.9 Å². The topological polar surface area (TPSA) is 65.1 Å². The van der Waals surface area contributed by atoms with Crippen molar-refractivity contribution in [2.75, 3.05) is 6.54 Å². The number of fused-ring (bicyclic) bond motifs is 3. The number of hydrogen-bond acceptors (Lipinski definition) is 2. The van der Waals surface area contributed by atoms with E-state index in [2.05, 4.69) is 82.5 Å². The van der Waals surface area contributed by atoms with Gasteiger partial charge >= 0.3 is 0 Å². The molecule has 0 radical (unpaired) electrons. The van der Waals surface area contributed by atoms with Gasteiger partial charge in [-0.2, -0.15) is 0 Å². The fourth-order valence-electron chi connectivity index (χ4n) is 2.98. The van der Waals surface area contributed by atoms with Gasteiger partial charge in [0.1, 0.15) is 0 Å². The number of rotatable bonds is 1. The van der Waals surface area contributed by atoms with Crippen molar-refractivity contribution in [2.24, 2.45) is 0 Å². The maximum atomic E-state index is 8.36. The molecule has 2 aromatic carbocycles. The molecule has 1 aliphatic heterocycles. The van der Waals surface area contributed by atoms with Gasteiger partial charge in [0, 0.05) is 27.6 Å². The zero-order chi connectivity index (χ0) is 18.9. The Labute approximate surface area is 162 Å². The third-order valence-corrected chi connectivity index (χ3v) is 4.77. The second-order valence-corrected chi connectivity index (χ2v) is 7.29. The maximum Gasteiger partial charge on any atom is 0.290 e. The van der Waals surface area contributed by atoms with E-state index in [-0.39, 0.29) is 6.47 Å². The van der Waals surface area contributed by atoms with Gasteiger partial charge < -0.3 is 15.4 Å². The normalized spacial score (nSPS) is 12.5. The summed E-state index contributed by atoms with van der Waals surface area (Å²) in [6, 6.07) is 16.9. The highest BCUT2D eigenvalue weighted by atomic mass is 79.9. The Kier molecular flexibility index (Phi) is 7.88. The summed E-state index contributed by atoms with van der Waals surface area (Å²) in [5.41, 5.74) is 5.50. The van der Waals surface area contributed by atoms with Crippen LogP contribution >= 0.6 is 15.9 Å². The Morgan fingerprint density at radius 1 is 1.15 bits per heavy atom. The number of carbonyl (C=O) groups is 1. The lowest BCUT2D eigenvalue weighted by atomic mass is 10.0. The highest BCUT2D eigenvalue weighted by Gasteiger charge is 2.14. The summed E-state index contributed by atoms with van der Waals surface area (Å²) in [4.78, 5) is 11.8. The number of aromatic amines is 1. The van der Waals surface area contributed by atoms with Crippen LogP contribution in [0.4, 0.5) is 0 Å². The first-order valence-electron chi connectivity index (χ1n) is 8.69. The van der Waals surface area contributed by atoms with Crippen molar-refractivity contribution in [1.82, 2.24) is 10.3 Å². The number of H-pyrrole nitrogens is 1. The Morgan fingerprint density at radius 3 is 2.46 bits per heavy atom. The molecular weight excluding hydrogens is 392 g/mol. The lowest BCUT2D eigenvalue weighted by molar-refractivity contribution is -0.122. The molecule has 2 heterocycles. The van der Waals surface area contributed by atoms with Crippen LogP contribution in [0.1, 0.15) is 36.6 Å². The minimum atomic E-state index is -0.250. The van der Waals surface area contributed by atoms with Crippen molar-refractivity contribution in [3.63, 3.8) is 0 Å². The molecule has 1 aliphatic rings. The van der Waals surface area contributed by atoms with E-state index in [0.29, 0.717) is 5.92 Å². The van der Waals surface area contributed by atoms with Gasteiger partial charge in [-0.25, -0.2) is 0 Å². The molecule has 4 nitrogen and oxygen atoms in total. The average Bonchev–Trinajstić information content (AvgIpc) is 3.02. The lowest BCUT2D eigenvalue weighted by Crippen LogP contribution is -2.22. The standard InChI is InChI=1S/C11H11BrN2.C9H12.CH2O2/c12-7-1-2-10-9(5-7)8-3-4-13-6-11(8)14-10;1-8(2)9-6-4-3-5-7-9;2-1-3/h1-2,5,13-14H,3-4,6H2;3-8H,1-2H3;1H,(H,2,3). The largest absolute Gasteiger partial charge is 0.483 e. The summed E-state index contributed by atoms with van der Waals surface area (Å²) in [6.45, 7) is 6.22. The van der Waals surface area contributed by atoms with Crippen molar-refractivity contribution in [3.8, 4) is 0 Å². The van der Waals surface area contributed by atoms with E-state index < -0.39 is 0 Å². The van der Waals surface area contributed by atoms with E-state index >= 15 is 0 Å². The molecule has 5 heteroatoms. The predicted octanol–water partition coefficient (Wildman–Crippen LogP) is 5.09. The number of aromatic nitrogens is 1. The van der Waals surface area contributed by atoms with Crippen LogP contribution < -0.4 is 5.32 Å². The smallest absolute Gasteiger partial charge is 0.290 e. The van der Waals surface area contributed by atoms with Crippen molar-refractivity contribution in [1.29, 1.82) is 0 Å². The molecular formula is C21H25BrN2O2. The predicted molar refractivity (Wildman–Crippen MR) is 111 cm³/mol. The van der Waals surface area contributed by atoms with Gasteiger partial charge in [0.2, 0.25) is 0 Å². The molecule has 138 valence electrons. The molecule has 0 bridgehead atoms. The third kappa shape index (κ3) is 5.44. The van der Waals surface area contributed by atoms with Crippen LogP contribution in [0, 0.1) is 0 Å². The van der Waals surface area contributed by atoms with Gasteiger partial charge in [0.25, 0.3) is 6.47 Å². The third-order valence-electron chi connectivity index (χ3n) is 4.28. The minimum Gasteiger partial charge on any atom is -0.483 e. The van der Waals surface area contributed by atoms with Gasteiger partial charge in [-0.1, -0.05) is 60.1 Å². The Balaban J connectivity index is 0.000000175. The lowest BCUT2D eigenvalue weighted by Gasteiger charge is -2.12. The van der Waals surface area contributed by atoms with Gasteiger partial charge in [0.05, 0.1) is 0 Å². The molecule has 4 rings (SSSR count). The average molecular weight is 417 g/mol. The van der Waals surface area contributed by atoms with E-state index in [4.69, 9.17) is 9.90 Å². The fourth-order valence-corrected chi connectivity index (χ4v) is 3.34. The molecule has 0 atom stereocenters. The molecule has 1 aromatic heterocycles.